The maximum atomic E-state index is 12.4. The zero-order valence-electron chi connectivity index (χ0n) is 14.9. The van der Waals surface area contributed by atoms with Gasteiger partial charge in [-0.1, -0.05) is 39.8 Å². The monoisotopic (exact) mass is 322 g/mol. The number of ether oxygens (including phenoxy) is 2. The highest BCUT2D eigenvalue weighted by Crippen LogP contribution is 2.18. The van der Waals surface area contributed by atoms with Crippen LogP contribution in [-0.2, 0) is 16.1 Å². The Morgan fingerprint density at radius 2 is 1.74 bits per heavy atom. The van der Waals surface area contributed by atoms with Crippen molar-refractivity contribution in [2.45, 2.75) is 59.4 Å². The normalized spacial score (nSPS) is 14.1. The molecular formula is C19H30O4. The summed E-state index contributed by atoms with van der Waals surface area (Å²) in [7, 11) is 1.63. The van der Waals surface area contributed by atoms with Crippen molar-refractivity contribution in [2.75, 3.05) is 7.11 Å². The Morgan fingerprint density at radius 3 is 2.22 bits per heavy atom. The van der Waals surface area contributed by atoms with E-state index in [0.29, 0.717) is 18.9 Å². The predicted molar refractivity (Wildman–Crippen MR) is 91.5 cm³/mol. The molecule has 0 bridgehead atoms. The van der Waals surface area contributed by atoms with Gasteiger partial charge in [-0.25, -0.2) is 0 Å². The summed E-state index contributed by atoms with van der Waals surface area (Å²) < 4.78 is 11.0. The minimum absolute atomic E-state index is 0.0200. The number of hydrogen-bond acceptors (Lipinski definition) is 4. The van der Waals surface area contributed by atoms with Gasteiger partial charge in [-0.3, -0.25) is 4.79 Å². The van der Waals surface area contributed by atoms with Gasteiger partial charge >= 0.3 is 0 Å². The van der Waals surface area contributed by atoms with Crippen molar-refractivity contribution in [3.05, 3.63) is 29.8 Å². The quantitative estimate of drug-likeness (QED) is 0.715. The molecule has 130 valence electrons. The molecule has 2 atom stereocenters. The number of ketones is 1. The van der Waals surface area contributed by atoms with Gasteiger partial charge in [0.15, 0.2) is 5.78 Å². The van der Waals surface area contributed by atoms with Crippen LogP contribution in [0.3, 0.4) is 0 Å². The minimum Gasteiger partial charge on any atom is -0.497 e. The summed E-state index contributed by atoms with van der Waals surface area (Å²) in [4.78, 5) is 12.4. The van der Waals surface area contributed by atoms with Crippen LogP contribution < -0.4 is 4.74 Å². The second-order valence-corrected chi connectivity index (χ2v) is 6.76. The Kier molecular flexibility index (Phi) is 8.28. The maximum absolute atomic E-state index is 12.4. The zero-order chi connectivity index (χ0) is 17.4. The van der Waals surface area contributed by atoms with E-state index in [2.05, 4.69) is 13.8 Å². The number of aliphatic hydroxyl groups is 1. The van der Waals surface area contributed by atoms with E-state index in [1.807, 2.05) is 38.1 Å². The molecule has 0 amide bonds. The van der Waals surface area contributed by atoms with Crippen LogP contribution >= 0.6 is 0 Å². The highest BCUT2D eigenvalue weighted by atomic mass is 16.5. The minimum atomic E-state index is -0.609. The van der Waals surface area contributed by atoms with Crippen LogP contribution in [0.4, 0.5) is 0 Å². The van der Waals surface area contributed by atoms with Crippen molar-refractivity contribution in [1.82, 2.24) is 0 Å². The van der Waals surface area contributed by atoms with Gasteiger partial charge in [-0.2, -0.15) is 0 Å². The third-order valence-corrected chi connectivity index (χ3v) is 3.83. The van der Waals surface area contributed by atoms with Gasteiger partial charge in [0.05, 0.1) is 19.8 Å². The van der Waals surface area contributed by atoms with Gasteiger partial charge in [0.25, 0.3) is 0 Å². The molecule has 0 spiro atoms. The van der Waals surface area contributed by atoms with Gasteiger partial charge in [0.2, 0.25) is 0 Å². The van der Waals surface area contributed by atoms with Crippen LogP contribution in [0.2, 0.25) is 0 Å². The lowest BCUT2D eigenvalue weighted by molar-refractivity contribution is -0.135. The number of hydrogen-bond donors (Lipinski definition) is 1. The van der Waals surface area contributed by atoms with E-state index in [1.54, 1.807) is 7.11 Å². The molecule has 0 saturated heterocycles. The fourth-order valence-electron chi connectivity index (χ4n) is 2.21. The van der Waals surface area contributed by atoms with Crippen LogP contribution in [0, 0.1) is 11.8 Å². The molecule has 1 N–H and O–H groups in total. The van der Waals surface area contributed by atoms with Crippen molar-refractivity contribution in [3.63, 3.8) is 0 Å². The molecule has 1 rings (SSSR count). The van der Waals surface area contributed by atoms with Crippen molar-refractivity contribution in [3.8, 4) is 5.75 Å². The van der Waals surface area contributed by atoms with E-state index in [1.165, 1.54) is 0 Å². The number of carbonyl (C=O) groups excluding carboxylic acids is 1. The molecular weight excluding hydrogens is 292 g/mol. The summed E-state index contributed by atoms with van der Waals surface area (Å²) in [5.41, 5.74) is 0.997. The van der Waals surface area contributed by atoms with E-state index >= 15 is 0 Å². The van der Waals surface area contributed by atoms with Crippen molar-refractivity contribution < 1.29 is 19.4 Å². The molecule has 4 nitrogen and oxygen atoms in total. The topological polar surface area (TPSA) is 55.8 Å². The third-order valence-electron chi connectivity index (χ3n) is 3.83. The molecule has 0 radical (unpaired) electrons. The molecule has 0 aliphatic heterocycles. The highest BCUT2D eigenvalue weighted by Gasteiger charge is 2.24. The molecule has 0 fully saturated rings. The predicted octanol–water partition coefficient (Wildman–Crippen LogP) is 3.60. The molecule has 1 aromatic rings. The molecule has 1 aromatic carbocycles. The molecule has 0 aliphatic rings. The summed E-state index contributed by atoms with van der Waals surface area (Å²) in [5.74, 6) is 1.20. The largest absolute Gasteiger partial charge is 0.497 e. The van der Waals surface area contributed by atoms with Gasteiger partial charge < -0.3 is 14.6 Å². The summed E-state index contributed by atoms with van der Waals surface area (Å²) in [6, 6.07) is 7.61. The SMILES string of the molecule is COc1ccc(CO[C@@H](CC(C)C)C(=O)C[C@H](O)C(C)C)cc1. The average Bonchev–Trinajstić information content (AvgIpc) is 2.51. The molecule has 0 saturated carbocycles. The number of Topliss-reactive ketones (excluding diaryl/α,β-unsaturated/α-hetero) is 1. The molecule has 0 aliphatic carbocycles. The summed E-state index contributed by atoms with van der Waals surface area (Å²) in [6.45, 7) is 8.33. The Hall–Kier alpha value is -1.39. The first-order valence-electron chi connectivity index (χ1n) is 8.28. The Morgan fingerprint density at radius 1 is 1.13 bits per heavy atom. The van der Waals surface area contributed by atoms with Crippen LogP contribution in [0.1, 0.15) is 46.1 Å². The van der Waals surface area contributed by atoms with E-state index in [4.69, 9.17) is 9.47 Å². The lowest BCUT2D eigenvalue weighted by Crippen LogP contribution is -2.31. The fourth-order valence-corrected chi connectivity index (χ4v) is 2.21. The van der Waals surface area contributed by atoms with E-state index in [9.17, 15) is 9.90 Å². The number of aliphatic hydroxyl groups excluding tert-OH is 1. The number of rotatable bonds is 10. The maximum Gasteiger partial charge on any atom is 0.164 e. The number of methoxy groups -OCH3 is 1. The molecule has 0 aromatic heterocycles. The van der Waals surface area contributed by atoms with Crippen molar-refractivity contribution in [2.24, 2.45) is 11.8 Å². The van der Waals surface area contributed by atoms with Crippen molar-refractivity contribution in [1.29, 1.82) is 0 Å². The number of carbonyl (C=O) groups is 1. The zero-order valence-corrected chi connectivity index (χ0v) is 14.9. The first-order valence-corrected chi connectivity index (χ1v) is 8.28. The average molecular weight is 322 g/mol. The van der Waals surface area contributed by atoms with Crippen LogP contribution in [0.25, 0.3) is 0 Å². The summed E-state index contributed by atoms with van der Waals surface area (Å²) in [6.07, 6.45) is -0.260. The lowest BCUT2D eigenvalue weighted by atomic mass is 9.95. The van der Waals surface area contributed by atoms with Gasteiger partial charge in [0.1, 0.15) is 11.9 Å². The second kappa shape index (κ2) is 9.68. The van der Waals surface area contributed by atoms with Gasteiger partial charge in [-0.05, 0) is 36.0 Å². The van der Waals surface area contributed by atoms with Gasteiger partial charge in [-0.15, -0.1) is 0 Å². The first kappa shape index (κ1) is 19.7. The number of benzene rings is 1. The molecule has 4 heteroatoms. The Bertz CT molecular complexity index is 465. The Balaban J connectivity index is 2.64. The first-order chi connectivity index (χ1) is 10.8. The standard InChI is InChI=1S/C19H30O4/c1-13(2)10-19(18(21)11-17(20)14(3)4)23-12-15-6-8-16(22-5)9-7-15/h6-9,13-14,17,19-20H,10-12H2,1-5H3/t17-,19-/m0/s1. The third kappa shape index (κ3) is 7.14. The van der Waals surface area contributed by atoms with Crippen LogP contribution in [0.15, 0.2) is 24.3 Å². The lowest BCUT2D eigenvalue weighted by Gasteiger charge is -2.21. The molecule has 0 heterocycles. The van der Waals surface area contributed by atoms with Crippen LogP contribution in [0.5, 0.6) is 5.75 Å². The van der Waals surface area contributed by atoms with E-state index in [-0.39, 0.29) is 18.1 Å². The summed E-state index contributed by atoms with van der Waals surface area (Å²) in [5, 5.41) is 9.93. The van der Waals surface area contributed by atoms with Crippen LogP contribution in [-0.4, -0.2) is 30.2 Å². The molecule has 0 unspecified atom stereocenters. The second-order valence-electron chi connectivity index (χ2n) is 6.76. The van der Waals surface area contributed by atoms with E-state index in [0.717, 1.165) is 11.3 Å². The van der Waals surface area contributed by atoms with Gasteiger partial charge in [0, 0.05) is 6.42 Å². The van der Waals surface area contributed by atoms with Crippen molar-refractivity contribution >= 4 is 5.78 Å². The fraction of sp³-hybridized carbons (Fsp3) is 0.632. The molecule has 23 heavy (non-hydrogen) atoms. The smallest absolute Gasteiger partial charge is 0.164 e. The Labute approximate surface area is 139 Å². The summed E-state index contributed by atoms with van der Waals surface area (Å²) >= 11 is 0. The highest BCUT2D eigenvalue weighted by molar-refractivity contribution is 5.83. The van der Waals surface area contributed by atoms with E-state index < -0.39 is 12.2 Å².